The Hall–Kier alpha value is -0.610. The van der Waals surface area contributed by atoms with Gasteiger partial charge in [0, 0.05) is 13.0 Å². The van der Waals surface area contributed by atoms with E-state index in [1.807, 2.05) is 0 Å². The van der Waals surface area contributed by atoms with Crippen molar-refractivity contribution in [2.24, 2.45) is 0 Å². The highest BCUT2D eigenvalue weighted by atomic mass is 16.6. The summed E-state index contributed by atoms with van der Waals surface area (Å²) in [5.41, 5.74) is 0. The molecule has 0 aromatic rings. The van der Waals surface area contributed by atoms with Gasteiger partial charge in [-0.3, -0.25) is 4.79 Å². The number of rotatable bonds is 5. The van der Waals surface area contributed by atoms with Crippen LogP contribution in [0.3, 0.4) is 0 Å². The molecule has 0 aliphatic rings. The average molecular weight is 148 g/mol. The van der Waals surface area contributed by atoms with Crippen LogP contribution in [0.5, 0.6) is 0 Å². The topological polar surface area (TPSA) is 66.8 Å². The first-order valence-electron chi connectivity index (χ1n) is 3.18. The van der Waals surface area contributed by atoms with E-state index in [2.05, 4.69) is 4.74 Å². The zero-order valence-electron chi connectivity index (χ0n) is 5.91. The third kappa shape index (κ3) is 5.53. The molecule has 0 fully saturated rings. The Morgan fingerprint density at radius 1 is 1.70 bits per heavy atom. The van der Waals surface area contributed by atoms with Gasteiger partial charge in [0.1, 0.15) is 0 Å². The molecule has 0 bridgehead atoms. The van der Waals surface area contributed by atoms with Crippen molar-refractivity contribution < 1.29 is 19.7 Å². The van der Waals surface area contributed by atoms with Crippen LogP contribution in [0.2, 0.25) is 0 Å². The third-order valence-corrected chi connectivity index (χ3v) is 0.964. The lowest BCUT2D eigenvalue weighted by atomic mass is 10.3. The summed E-state index contributed by atoms with van der Waals surface area (Å²) in [5, 5.41) is 17.0. The van der Waals surface area contributed by atoms with Crippen LogP contribution >= 0.6 is 0 Å². The van der Waals surface area contributed by atoms with Crippen LogP contribution < -0.4 is 0 Å². The third-order valence-electron chi connectivity index (χ3n) is 0.964. The van der Waals surface area contributed by atoms with Gasteiger partial charge in [0.2, 0.25) is 0 Å². The number of aliphatic hydroxyl groups excluding tert-OH is 1. The van der Waals surface area contributed by atoms with Crippen molar-refractivity contribution in [2.45, 2.75) is 26.1 Å². The molecule has 0 aromatic heterocycles. The van der Waals surface area contributed by atoms with Crippen LogP contribution in [0.4, 0.5) is 0 Å². The monoisotopic (exact) mass is 148 g/mol. The molecule has 0 aliphatic heterocycles. The highest BCUT2D eigenvalue weighted by molar-refractivity contribution is 5.66. The van der Waals surface area contributed by atoms with E-state index < -0.39 is 12.3 Å². The molecule has 4 nitrogen and oxygen atoms in total. The Kier molecular flexibility index (Phi) is 4.88. The molecule has 2 N–H and O–H groups in total. The van der Waals surface area contributed by atoms with Crippen molar-refractivity contribution >= 4 is 5.97 Å². The minimum Gasteiger partial charge on any atom is -0.481 e. The van der Waals surface area contributed by atoms with Gasteiger partial charge in [-0.1, -0.05) is 0 Å². The Labute approximate surface area is 59.4 Å². The Morgan fingerprint density at radius 3 is 2.70 bits per heavy atom. The molecule has 0 heterocycles. The normalized spacial score (nSPS) is 13.0. The summed E-state index contributed by atoms with van der Waals surface area (Å²) in [4.78, 5) is 9.94. The largest absolute Gasteiger partial charge is 0.481 e. The predicted octanol–water partition coefficient (Wildman–Crippen LogP) is 0.206. The molecule has 0 rings (SSSR count). The van der Waals surface area contributed by atoms with Crippen molar-refractivity contribution in [1.29, 1.82) is 0 Å². The maximum Gasteiger partial charge on any atom is 0.303 e. The van der Waals surface area contributed by atoms with Crippen LogP contribution in [-0.2, 0) is 9.53 Å². The number of carbonyl (C=O) groups is 1. The second kappa shape index (κ2) is 5.20. The second-order valence-corrected chi connectivity index (χ2v) is 1.84. The molecule has 0 aliphatic carbocycles. The molecule has 0 radical (unpaired) electrons. The summed E-state index contributed by atoms with van der Waals surface area (Å²) < 4.78 is 4.68. The highest BCUT2D eigenvalue weighted by Gasteiger charge is 2.04. The summed E-state index contributed by atoms with van der Waals surface area (Å²) >= 11 is 0. The van der Waals surface area contributed by atoms with Gasteiger partial charge in [-0.05, 0) is 6.92 Å². The molecule has 0 amide bonds. The number of ether oxygens (including phenoxy) is 1. The minimum atomic E-state index is -0.930. The molecule has 0 saturated heterocycles. The van der Waals surface area contributed by atoms with Gasteiger partial charge in [0.05, 0.1) is 6.42 Å². The second-order valence-electron chi connectivity index (χ2n) is 1.84. The van der Waals surface area contributed by atoms with E-state index in [9.17, 15) is 4.79 Å². The van der Waals surface area contributed by atoms with Gasteiger partial charge < -0.3 is 14.9 Å². The fourth-order valence-electron chi connectivity index (χ4n) is 0.523. The smallest absolute Gasteiger partial charge is 0.303 e. The maximum atomic E-state index is 9.94. The number of carboxylic acids is 1. The lowest BCUT2D eigenvalue weighted by molar-refractivity contribution is -0.142. The Balaban J connectivity index is 3.21. The molecule has 0 aromatic carbocycles. The van der Waals surface area contributed by atoms with E-state index in [-0.39, 0.29) is 12.8 Å². The number of hydrogen-bond donors (Lipinski definition) is 2. The van der Waals surface area contributed by atoms with Crippen LogP contribution in [0, 0.1) is 0 Å². The van der Waals surface area contributed by atoms with Crippen molar-refractivity contribution in [3.8, 4) is 0 Å². The van der Waals surface area contributed by atoms with E-state index in [1.165, 1.54) is 0 Å². The SMILES string of the molecule is CCOC(O)CCC(=O)O. The quantitative estimate of drug-likeness (QED) is 0.547. The molecular formula is C6H12O4. The molecule has 10 heavy (non-hydrogen) atoms. The van der Waals surface area contributed by atoms with Crippen LogP contribution in [0.25, 0.3) is 0 Å². The maximum absolute atomic E-state index is 9.94. The van der Waals surface area contributed by atoms with Crippen LogP contribution in [0.15, 0.2) is 0 Å². The number of aliphatic hydroxyl groups is 1. The molecule has 4 heteroatoms. The van der Waals surface area contributed by atoms with Crippen molar-refractivity contribution in [3.05, 3.63) is 0 Å². The van der Waals surface area contributed by atoms with Crippen LogP contribution in [0.1, 0.15) is 19.8 Å². The van der Waals surface area contributed by atoms with Crippen LogP contribution in [-0.4, -0.2) is 29.1 Å². The lowest BCUT2D eigenvalue weighted by Gasteiger charge is -2.07. The van der Waals surface area contributed by atoms with Gasteiger partial charge in [-0.25, -0.2) is 0 Å². The standard InChI is InChI=1S/C6H12O4/c1-2-10-6(9)4-3-5(7)8/h6,9H,2-4H2,1H3,(H,7,8). The summed E-state index contributed by atoms with van der Waals surface area (Å²) in [6.07, 6.45) is -0.828. The molecular weight excluding hydrogens is 136 g/mol. The van der Waals surface area contributed by atoms with E-state index in [4.69, 9.17) is 10.2 Å². The molecule has 60 valence electrons. The number of carboxylic acid groups (broad SMARTS) is 1. The van der Waals surface area contributed by atoms with E-state index in [0.29, 0.717) is 6.61 Å². The van der Waals surface area contributed by atoms with Gasteiger partial charge in [0.15, 0.2) is 6.29 Å². The van der Waals surface area contributed by atoms with E-state index >= 15 is 0 Å². The summed E-state index contributed by atoms with van der Waals surface area (Å²) in [6, 6.07) is 0. The molecule has 0 saturated carbocycles. The average Bonchev–Trinajstić information content (AvgIpc) is 1.85. The predicted molar refractivity (Wildman–Crippen MR) is 34.5 cm³/mol. The van der Waals surface area contributed by atoms with Gasteiger partial charge >= 0.3 is 5.97 Å². The molecule has 1 unspecified atom stereocenters. The zero-order valence-corrected chi connectivity index (χ0v) is 5.91. The van der Waals surface area contributed by atoms with Crippen molar-refractivity contribution in [2.75, 3.05) is 6.61 Å². The Bertz CT molecular complexity index is 102. The van der Waals surface area contributed by atoms with Gasteiger partial charge in [-0.15, -0.1) is 0 Å². The molecule has 1 atom stereocenters. The van der Waals surface area contributed by atoms with Gasteiger partial charge in [0.25, 0.3) is 0 Å². The Morgan fingerprint density at radius 2 is 2.30 bits per heavy atom. The first-order valence-corrected chi connectivity index (χ1v) is 3.18. The number of hydrogen-bond acceptors (Lipinski definition) is 3. The van der Waals surface area contributed by atoms with Gasteiger partial charge in [-0.2, -0.15) is 0 Å². The number of aliphatic carboxylic acids is 1. The summed E-state index contributed by atoms with van der Waals surface area (Å²) in [7, 11) is 0. The molecule has 0 spiro atoms. The first-order chi connectivity index (χ1) is 4.66. The van der Waals surface area contributed by atoms with Crippen molar-refractivity contribution in [3.63, 3.8) is 0 Å². The van der Waals surface area contributed by atoms with Crippen molar-refractivity contribution in [1.82, 2.24) is 0 Å². The first kappa shape index (κ1) is 9.39. The fourth-order valence-corrected chi connectivity index (χ4v) is 0.523. The van der Waals surface area contributed by atoms with E-state index in [1.54, 1.807) is 6.92 Å². The zero-order chi connectivity index (χ0) is 7.98. The minimum absolute atomic E-state index is 0.0544. The highest BCUT2D eigenvalue weighted by Crippen LogP contribution is 1.97. The lowest BCUT2D eigenvalue weighted by Crippen LogP contribution is -2.13. The summed E-state index contributed by atoms with van der Waals surface area (Å²) in [6.45, 7) is 2.14. The fraction of sp³-hybridized carbons (Fsp3) is 0.833. The van der Waals surface area contributed by atoms with E-state index in [0.717, 1.165) is 0 Å². The summed E-state index contributed by atoms with van der Waals surface area (Å²) in [5.74, 6) is -0.918.